The van der Waals surface area contributed by atoms with Crippen LogP contribution in [0.1, 0.15) is 26.7 Å². The number of ether oxygens (including phenoxy) is 1. The van der Waals surface area contributed by atoms with Crippen molar-refractivity contribution in [1.29, 1.82) is 0 Å². The summed E-state index contributed by atoms with van der Waals surface area (Å²) in [6.07, 6.45) is 4.11. The molecule has 3 rings (SSSR count). The van der Waals surface area contributed by atoms with Crippen LogP contribution in [0.15, 0.2) is 17.2 Å². The summed E-state index contributed by atoms with van der Waals surface area (Å²) < 4.78 is 7.03. The minimum Gasteiger partial charge on any atom is -0.467 e. The number of nitrogens with zero attached hydrogens (tertiary/aromatic N) is 5. The first-order valence-electron chi connectivity index (χ1n) is 9.23. The number of hydrogen-bond donors (Lipinski definition) is 0. The lowest BCUT2D eigenvalue weighted by atomic mass is 10.2. The Morgan fingerprint density at radius 1 is 1.14 bits per heavy atom. The highest BCUT2D eigenvalue weighted by Crippen LogP contribution is 2.39. The summed E-state index contributed by atoms with van der Waals surface area (Å²) in [6.45, 7) is 5.95. The van der Waals surface area contributed by atoms with E-state index >= 15 is 0 Å². The Morgan fingerprint density at radius 3 is 2.38 bits per heavy atom. The normalized spacial score (nSPS) is 11.3. The second-order valence-electron chi connectivity index (χ2n) is 6.30. The quantitative estimate of drug-likeness (QED) is 0.366. The molecule has 6 nitrogen and oxygen atoms in total. The SMILES string of the molecule is CCCCN(CC)c1nc(OC)nc2c1c(SC)nn2-c1c(Cl)cc(Cl)cc1Cl. The van der Waals surface area contributed by atoms with E-state index in [0.717, 1.165) is 42.2 Å². The van der Waals surface area contributed by atoms with Gasteiger partial charge in [-0.25, -0.2) is 4.68 Å². The zero-order valence-electron chi connectivity index (χ0n) is 16.7. The smallest absolute Gasteiger partial charge is 0.320 e. The fourth-order valence-electron chi connectivity index (χ4n) is 3.07. The van der Waals surface area contributed by atoms with Gasteiger partial charge in [0, 0.05) is 18.1 Å². The van der Waals surface area contributed by atoms with Crippen molar-refractivity contribution in [2.45, 2.75) is 31.7 Å². The fourth-order valence-corrected chi connectivity index (χ4v) is 4.60. The van der Waals surface area contributed by atoms with Gasteiger partial charge in [0.25, 0.3) is 0 Å². The Labute approximate surface area is 189 Å². The van der Waals surface area contributed by atoms with Gasteiger partial charge in [0.05, 0.1) is 22.5 Å². The number of benzene rings is 1. The van der Waals surface area contributed by atoms with Crippen molar-refractivity contribution >= 4 is 63.4 Å². The van der Waals surface area contributed by atoms with E-state index in [4.69, 9.17) is 44.6 Å². The van der Waals surface area contributed by atoms with Crippen LogP contribution in [-0.4, -0.2) is 46.2 Å². The molecular weight excluding hydrogens is 453 g/mol. The maximum absolute atomic E-state index is 6.47. The summed E-state index contributed by atoms with van der Waals surface area (Å²) in [5.41, 5.74) is 1.10. The number of unbranched alkanes of at least 4 members (excludes halogenated alkanes) is 1. The van der Waals surface area contributed by atoms with Gasteiger partial charge in [0.1, 0.15) is 16.5 Å². The van der Waals surface area contributed by atoms with Crippen LogP contribution >= 0.6 is 46.6 Å². The average molecular weight is 475 g/mol. The van der Waals surface area contributed by atoms with Crippen molar-refractivity contribution in [3.8, 4) is 11.7 Å². The van der Waals surface area contributed by atoms with Gasteiger partial charge in [-0.1, -0.05) is 48.1 Å². The van der Waals surface area contributed by atoms with Gasteiger partial charge in [-0.05, 0) is 31.7 Å². The van der Waals surface area contributed by atoms with Crippen molar-refractivity contribution in [1.82, 2.24) is 19.7 Å². The minimum absolute atomic E-state index is 0.262. The molecule has 0 N–H and O–H groups in total. The van der Waals surface area contributed by atoms with Gasteiger partial charge in [-0.15, -0.1) is 11.8 Å². The fraction of sp³-hybridized carbons (Fsp3) is 0.421. The summed E-state index contributed by atoms with van der Waals surface area (Å²) in [4.78, 5) is 11.4. The number of fused-ring (bicyclic) bond motifs is 1. The Balaban J connectivity index is 2.34. The summed E-state index contributed by atoms with van der Waals surface area (Å²) >= 11 is 20.5. The van der Waals surface area contributed by atoms with Crippen molar-refractivity contribution < 1.29 is 4.74 Å². The van der Waals surface area contributed by atoms with Crippen molar-refractivity contribution in [3.05, 3.63) is 27.2 Å². The summed E-state index contributed by atoms with van der Waals surface area (Å²) in [5.74, 6) is 0.791. The molecule has 1 aromatic carbocycles. The predicted octanol–water partition coefficient (Wildman–Crippen LogP) is 6.13. The Morgan fingerprint density at radius 2 is 1.83 bits per heavy atom. The van der Waals surface area contributed by atoms with Crippen molar-refractivity contribution in [2.24, 2.45) is 0 Å². The molecule has 0 radical (unpaired) electrons. The molecule has 2 aromatic heterocycles. The van der Waals surface area contributed by atoms with Crippen LogP contribution in [0.5, 0.6) is 6.01 Å². The molecule has 0 unspecified atom stereocenters. The van der Waals surface area contributed by atoms with Gasteiger partial charge in [0.2, 0.25) is 0 Å². The lowest BCUT2D eigenvalue weighted by Crippen LogP contribution is -2.25. The minimum atomic E-state index is 0.262. The largest absolute Gasteiger partial charge is 0.467 e. The van der Waals surface area contributed by atoms with Crippen LogP contribution < -0.4 is 9.64 Å². The van der Waals surface area contributed by atoms with E-state index in [2.05, 4.69) is 28.7 Å². The molecule has 0 spiro atoms. The van der Waals surface area contributed by atoms with E-state index < -0.39 is 0 Å². The topological polar surface area (TPSA) is 56.1 Å². The van der Waals surface area contributed by atoms with E-state index in [-0.39, 0.29) is 6.01 Å². The number of halogens is 3. The molecule has 0 aliphatic rings. The van der Waals surface area contributed by atoms with Gasteiger partial charge >= 0.3 is 6.01 Å². The second-order valence-corrected chi connectivity index (χ2v) is 8.35. The van der Waals surface area contributed by atoms with Crippen LogP contribution in [0.25, 0.3) is 16.7 Å². The molecule has 2 heterocycles. The Bertz CT molecular complexity index is 1000. The first-order chi connectivity index (χ1) is 13.9. The highest BCUT2D eigenvalue weighted by atomic mass is 35.5. The zero-order chi connectivity index (χ0) is 21.1. The first kappa shape index (κ1) is 22.3. The number of thioether (sulfide) groups is 1. The molecule has 0 amide bonds. The van der Waals surface area contributed by atoms with Crippen molar-refractivity contribution in [3.63, 3.8) is 0 Å². The van der Waals surface area contributed by atoms with Crippen LogP contribution in [0.2, 0.25) is 15.1 Å². The van der Waals surface area contributed by atoms with Crippen LogP contribution in [0, 0.1) is 0 Å². The molecule has 156 valence electrons. The maximum atomic E-state index is 6.47. The highest BCUT2D eigenvalue weighted by Gasteiger charge is 2.24. The zero-order valence-corrected chi connectivity index (χ0v) is 19.8. The van der Waals surface area contributed by atoms with Gasteiger partial charge < -0.3 is 9.64 Å². The standard InChI is InChI=1S/C19H22Cl3N5OS/c1-5-7-8-26(6-2)16-14-17(24-19(23-16)28-3)27(25-18(14)29-4)15-12(21)9-11(20)10-13(15)22/h9-10H,5-8H2,1-4H3. The van der Waals surface area contributed by atoms with Gasteiger partial charge in [-0.2, -0.15) is 15.1 Å². The lowest BCUT2D eigenvalue weighted by molar-refractivity contribution is 0.381. The molecule has 0 aliphatic heterocycles. The molecule has 0 saturated heterocycles. The van der Waals surface area contributed by atoms with E-state index in [0.29, 0.717) is 26.4 Å². The average Bonchev–Trinajstić information content (AvgIpc) is 3.06. The lowest BCUT2D eigenvalue weighted by Gasteiger charge is -2.22. The van der Waals surface area contributed by atoms with Gasteiger partial charge in [-0.3, -0.25) is 0 Å². The third-order valence-electron chi connectivity index (χ3n) is 4.49. The second kappa shape index (κ2) is 9.60. The molecule has 3 aromatic rings. The first-order valence-corrected chi connectivity index (χ1v) is 11.6. The van der Waals surface area contributed by atoms with Crippen molar-refractivity contribution in [2.75, 3.05) is 31.4 Å². The summed E-state index contributed by atoms with van der Waals surface area (Å²) in [7, 11) is 1.55. The Hall–Kier alpha value is -1.41. The Kier molecular flexibility index (Phi) is 7.37. The summed E-state index contributed by atoms with van der Waals surface area (Å²) in [5, 5.41) is 7.60. The van der Waals surface area contributed by atoms with Crippen LogP contribution in [0.4, 0.5) is 5.82 Å². The molecule has 0 aliphatic carbocycles. The van der Waals surface area contributed by atoms with E-state index in [1.165, 1.54) is 11.8 Å². The molecule has 10 heteroatoms. The van der Waals surface area contributed by atoms with Crippen LogP contribution in [0.3, 0.4) is 0 Å². The van der Waals surface area contributed by atoms with E-state index in [9.17, 15) is 0 Å². The maximum Gasteiger partial charge on any atom is 0.320 e. The van der Waals surface area contributed by atoms with E-state index in [1.54, 1.807) is 23.9 Å². The molecule has 0 atom stereocenters. The van der Waals surface area contributed by atoms with Crippen LogP contribution in [-0.2, 0) is 0 Å². The van der Waals surface area contributed by atoms with E-state index in [1.807, 2.05) is 6.26 Å². The molecule has 29 heavy (non-hydrogen) atoms. The molecule has 0 bridgehead atoms. The number of rotatable bonds is 8. The summed E-state index contributed by atoms with van der Waals surface area (Å²) in [6, 6.07) is 3.53. The number of aromatic nitrogens is 4. The third-order valence-corrected chi connectivity index (χ3v) is 5.95. The predicted molar refractivity (Wildman–Crippen MR) is 123 cm³/mol. The molecule has 0 saturated carbocycles. The molecular formula is C19H22Cl3N5OS. The molecule has 0 fully saturated rings. The monoisotopic (exact) mass is 473 g/mol. The number of methoxy groups -OCH3 is 1. The van der Waals surface area contributed by atoms with Gasteiger partial charge in [0.15, 0.2) is 5.65 Å². The highest BCUT2D eigenvalue weighted by molar-refractivity contribution is 7.98. The number of hydrogen-bond acceptors (Lipinski definition) is 6. The number of anilines is 1. The third kappa shape index (κ3) is 4.38.